The molecule has 0 radical (unpaired) electrons. The van der Waals surface area contributed by atoms with E-state index in [2.05, 4.69) is 5.32 Å². The minimum atomic E-state index is -3.64. The fraction of sp³-hybridized carbons (Fsp3) is 0.429. The van der Waals surface area contributed by atoms with Crippen LogP contribution in [0.2, 0.25) is 0 Å². The first kappa shape index (κ1) is 18.1. The SMILES string of the molecule is CCNC(=O)[C@H](C)OC(=O)c1cccc(S(=O)(=O)N(C)C)c1. The summed E-state index contributed by atoms with van der Waals surface area (Å²) in [6, 6.07) is 5.49. The quantitative estimate of drug-likeness (QED) is 0.773. The summed E-state index contributed by atoms with van der Waals surface area (Å²) < 4.78 is 30.1. The van der Waals surface area contributed by atoms with Gasteiger partial charge in [0.25, 0.3) is 5.91 Å². The van der Waals surface area contributed by atoms with Crippen LogP contribution in [0.3, 0.4) is 0 Å². The predicted molar refractivity (Wildman–Crippen MR) is 80.9 cm³/mol. The smallest absolute Gasteiger partial charge is 0.338 e. The molecule has 1 atom stereocenters. The summed E-state index contributed by atoms with van der Waals surface area (Å²) in [5.74, 6) is -1.16. The first-order chi connectivity index (χ1) is 10.2. The first-order valence-corrected chi connectivity index (χ1v) is 8.15. The molecule has 0 saturated carbocycles. The molecule has 22 heavy (non-hydrogen) atoms. The second-order valence-electron chi connectivity index (χ2n) is 4.76. The molecule has 0 bridgehead atoms. The Balaban J connectivity index is 2.95. The van der Waals surface area contributed by atoms with Gasteiger partial charge in [0.15, 0.2) is 6.10 Å². The van der Waals surface area contributed by atoms with Crippen LogP contribution in [-0.4, -0.2) is 51.3 Å². The topological polar surface area (TPSA) is 92.8 Å². The molecule has 122 valence electrons. The summed E-state index contributed by atoms with van der Waals surface area (Å²) in [5.41, 5.74) is 0.0686. The van der Waals surface area contributed by atoms with E-state index in [9.17, 15) is 18.0 Å². The Labute approximate surface area is 130 Å². The summed E-state index contributed by atoms with van der Waals surface area (Å²) in [6.07, 6.45) is -0.957. The predicted octanol–water partition coefficient (Wildman–Crippen LogP) is 0.618. The maximum absolute atomic E-state index is 12.0. The lowest BCUT2D eigenvalue weighted by Crippen LogP contribution is -2.35. The van der Waals surface area contributed by atoms with Gasteiger partial charge in [-0.3, -0.25) is 4.79 Å². The lowest BCUT2D eigenvalue weighted by atomic mass is 10.2. The molecule has 0 heterocycles. The van der Waals surface area contributed by atoms with Crippen molar-refractivity contribution in [2.75, 3.05) is 20.6 Å². The van der Waals surface area contributed by atoms with Gasteiger partial charge in [-0.2, -0.15) is 0 Å². The van der Waals surface area contributed by atoms with Crippen molar-refractivity contribution in [2.45, 2.75) is 24.8 Å². The molecule has 0 unspecified atom stereocenters. The zero-order valence-electron chi connectivity index (χ0n) is 13.0. The van der Waals surface area contributed by atoms with Gasteiger partial charge in [0, 0.05) is 20.6 Å². The lowest BCUT2D eigenvalue weighted by molar-refractivity contribution is -0.128. The Morgan fingerprint density at radius 1 is 1.32 bits per heavy atom. The van der Waals surface area contributed by atoms with Gasteiger partial charge in [-0.05, 0) is 32.0 Å². The number of esters is 1. The number of nitrogens with one attached hydrogen (secondary N) is 1. The Kier molecular flexibility index (Phi) is 6.07. The molecule has 0 aliphatic heterocycles. The third-order valence-corrected chi connectivity index (χ3v) is 4.66. The van der Waals surface area contributed by atoms with E-state index in [1.807, 2.05) is 0 Å². The van der Waals surface area contributed by atoms with Crippen molar-refractivity contribution < 1.29 is 22.7 Å². The molecule has 1 amide bonds. The number of carbonyl (C=O) groups excluding carboxylic acids is 2. The van der Waals surface area contributed by atoms with Crippen LogP contribution in [0.15, 0.2) is 29.2 Å². The number of sulfonamides is 1. The molecule has 0 spiro atoms. The molecule has 7 nitrogen and oxygen atoms in total. The third-order valence-electron chi connectivity index (χ3n) is 2.85. The van der Waals surface area contributed by atoms with Crippen LogP contribution in [0.5, 0.6) is 0 Å². The highest BCUT2D eigenvalue weighted by Crippen LogP contribution is 2.16. The van der Waals surface area contributed by atoms with Gasteiger partial charge in [0.1, 0.15) is 0 Å². The van der Waals surface area contributed by atoms with Crippen LogP contribution >= 0.6 is 0 Å². The second-order valence-corrected chi connectivity index (χ2v) is 6.91. The summed E-state index contributed by atoms with van der Waals surface area (Å²) in [5, 5.41) is 2.53. The van der Waals surface area contributed by atoms with Crippen LogP contribution in [-0.2, 0) is 19.6 Å². The van der Waals surface area contributed by atoms with Crippen molar-refractivity contribution >= 4 is 21.9 Å². The van der Waals surface area contributed by atoms with Crippen LogP contribution in [0.4, 0.5) is 0 Å². The van der Waals surface area contributed by atoms with E-state index in [1.165, 1.54) is 45.3 Å². The van der Waals surface area contributed by atoms with Crippen molar-refractivity contribution in [3.05, 3.63) is 29.8 Å². The highest BCUT2D eigenvalue weighted by atomic mass is 32.2. The van der Waals surface area contributed by atoms with E-state index in [0.717, 1.165) is 4.31 Å². The van der Waals surface area contributed by atoms with Crippen molar-refractivity contribution in [2.24, 2.45) is 0 Å². The summed E-state index contributed by atoms with van der Waals surface area (Å²) in [7, 11) is -0.839. The first-order valence-electron chi connectivity index (χ1n) is 6.71. The summed E-state index contributed by atoms with van der Waals surface area (Å²) >= 11 is 0. The van der Waals surface area contributed by atoms with Crippen molar-refractivity contribution in [3.63, 3.8) is 0 Å². The lowest BCUT2D eigenvalue weighted by Gasteiger charge is -2.14. The number of hydrogen-bond acceptors (Lipinski definition) is 5. The highest BCUT2D eigenvalue weighted by Gasteiger charge is 2.21. The van der Waals surface area contributed by atoms with Crippen LogP contribution in [0, 0.1) is 0 Å². The van der Waals surface area contributed by atoms with Gasteiger partial charge in [-0.1, -0.05) is 6.07 Å². The minimum absolute atomic E-state index is 0.0161. The minimum Gasteiger partial charge on any atom is -0.449 e. The standard InChI is InChI=1S/C14H20N2O5S/c1-5-15-13(17)10(2)21-14(18)11-7-6-8-12(9-11)22(19,20)16(3)4/h6-10H,5H2,1-4H3,(H,15,17)/t10-/m0/s1. The fourth-order valence-electron chi connectivity index (χ4n) is 1.59. The number of rotatable bonds is 6. The molecule has 8 heteroatoms. The number of benzene rings is 1. The Morgan fingerprint density at radius 2 is 1.95 bits per heavy atom. The molecule has 1 N–H and O–H groups in total. The number of likely N-dealkylation sites (N-methyl/N-ethyl adjacent to an activating group) is 1. The zero-order chi connectivity index (χ0) is 16.9. The van der Waals surface area contributed by atoms with Crippen molar-refractivity contribution in [1.29, 1.82) is 0 Å². The number of ether oxygens (including phenoxy) is 1. The molecular weight excluding hydrogens is 308 g/mol. The Morgan fingerprint density at radius 3 is 2.50 bits per heavy atom. The molecule has 0 aromatic heterocycles. The van der Waals surface area contributed by atoms with Crippen LogP contribution in [0.25, 0.3) is 0 Å². The van der Waals surface area contributed by atoms with Gasteiger partial charge in [0.2, 0.25) is 10.0 Å². The molecule has 0 saturated heterocycles. The summed E-state index contributed by atoms with van der Waals surface area (Å²) in [4.78, 5) is 23.5. The van der Waals surface area contributed by atoms with E-state index in [-0.39, 0.29) is 10.5 Å². The molecule has 0 fully saturated rings. The normalized spacial score (nSPS) is 12.8. The fourth-order valence-corrected chi connectivity index (χ4v) is 2.54. The van der Waals surface area contributed by atoms with Gasteiger partial charge >= 0.3 is 5.97 Å². The van der Waals surface area contributed by atoms with E-state index in [4.69, 9.17) is 4.74 Å². The third kappa shape index (κ3) is 4.28. The number of hydrogen-bond donors (Lipinski definition) is 1. The van der Waals surface area contributed by atoms with E-state index in [0.29, 0.717) is 6.54 Å². The van der Waals surface area contributed by atoms with E-state index < -0.39 is 28.0 Å². The van der Waals surface area contributed by atoms with Crippen LogP contribution in [0.1, 0.15) is 24.2 Å². The van der Waals surface area contributed by atoms with Gasteiger partial charge < -0.3 is 10.1 Å². The molecule has 0 aliphatic rings. The van der Waals surface area contributed by atoms with E-state index in [1.54, 1.807) is 6.92 Å². The molecule has 1 aromatic carbocycles. The average Bonchev–Trinajstić information content (AvgIpc) is 2.47. The molecular formula is C14H20N2O5S. The Bertz CT molecular complexity index is 655. The van der Waals surface area contributed by atoms with Gasteiger partial charge in [0.05, 0.1) is 10.5 Å². The number of carbonyl (C=O) groups is 2. The number of amides is 1. The highest BCUT2D eigenvalue weighted by molar-refractivity contribution is 7.89. The van der Waals surface area contributed by atoms with Crippen molar-refractivity contribution in [1.82, 2.24) is 9.62 Å². The molecule has 1 aromatic rings. The van der Waals surface area contributed by atoms with Gasteiger partial charge in [-0.15, -0.1) is 0 Å². The maximum Gasteiger partial charge on any atom is 0.338 e. The van der Waals surface area contributed by atoms with Crippen molar-refractivity contribution in [3.8, 4) is 0 Å². The van der Waals surface area contributed by atoms with Gasteiger partial charge in [-0.25, -0.2) is 17.5 Å². The summed E-state index contributed by atoms with van der Waals surface area (Å²) in [6.45, 7) is 3.63. The van der Waals surface area contributed by atoms with Crippen LogP contribution < -0.4 is 5.32 Å². The maximum atomic E-state index is 12.0. The zero-order valence-corrected chi connectivity index (χ0v) is 13.8. The second kappa shape index (κ2) is 7.37. The molecule has 0 aliphatic carbocycles. The Hall–Kier alpha value is -1.93. The van der Waals surface area contributed by atoms with E-state index >= 15 is 0 Å². The average molecular weight is 328 g/mol. The molecule has 1 rings (SSSR count). The largest absolute Gasteiger partial charge is 0.449 e. The monoisotopic (exact) mass is 328 g/mol. The number of nitrogens with zero attached hydrogens (tertiary/aromatic N) is 1.